The normalized spacial score (nSPS) is 22.2. The zero-order valence-electron chi connectivity index (χ0n) is 19.9. The fourth-order valence-corrected chi connectivity index (χ4v) is 5.40. The Hall–Kier alpha value is -1.80. The van der Waals surface area contributed by atoms with E-state index in [1.165, 1.54) is 11.3 Å². The molecule has 1 atom stereocenters. The molecule has 3 aliphatic rings. The lowest BCUT2D eigenvalue weighted by Gasteiger charge is -2.44. The van der Waals surface area contributed by atoms with Crippen LogP contribution < -0.4 is 9.64 Å². The number of piperazine rings is 1. The maximum Gasteiger partial charge on any atom is 0.409 e. The van der Waals surface area contributed by atoms with E-state index >= 15 is 0 Å². The number of piperidine rings is 1. The summed E-state index contributed by atoms with van der Waals surface area (Å²) in [6.07, 6.45) is 5.21. The highest BCUT2D eigenvalue weighted by atomic mass is 32.2. The number of carbonyl (C=O) groups is 1. The first-order chi connectivity index (χ1) is 15.1. The minimum Gasteiger partial charge on any atom is -0.487 e. The van der Waals surface area contributed by atoms with E-state index in [1.807, 2.05) is 9.21 Å². The molecule has 0 aromatic heterocycles. The quantitative estimate of drug-likeness (QED) is 0.687. The van der Waals surface area contributed by atoms with Gasteiger partial charge in [0.1, 0.15) is 11.4 Å². The summed E-state index contributed by atoms with van der Waals surface area (Å²) < 4.78 is 25.7. The van der Waals surface area contributed by atoms with E-state index in [1.54, 1.807) is 6.26 Å². The summed E-state index contributed by atoms with van der Waals surface area (Å²) in [5.41, 5.74) is 2.29. The van der Waals surface area contributed by atoms with Crippen molar-refractivity contribution in [2.75, 3.05) is 57.0 Å². The van der Waals surface area contributed by atoms with Gasteiger partial charge in [0.15, 0.2) is 0 Å². The number of aryl methyl sites for hydroxylation is 1. The Morgan fingerprint density at radius 2 is 1.78 bits per heavy atom. The van der Waals surface area contributed by atoms with Crippen LogP contribution in [0.25, 0.3) is 0 Å². The Labute approximate surface area is 194 Å². The van der Waals surface area contributed by atoms with Gasteiger partial charge in [-0.3, -0.25) is 0 Å². The molecule has 178 valence electrons. The highest BCUT2D eigenvalue weighted by Crippen LogP contribution is 2.41. The Balaban J connectivity index is 1.33. The minimum absolute atomic E-state index is 0.0237. The molecule has 2 fully saturated rings. The van der Waals surface area contributed by atoms with Crippen molar-refractivity contribution in [1.82, 2.24) is 9.21 Å². The summed E-state index contributed by atoms with van der Waals surface area (Å²) in [6, 6.07) is 6.52. The van der Waals surface area contributed by atoms with E-state index in [2.05, 4.69) is 43.9 Å². The maximum absolute atomic E-state index is 12.4. The summed E-state index contributed by atoms with van der Waals surface area (Å²) in [5, 5.41) is 0. The second kappa shape index (κ2) is 9.21. The highest BCUT2D eigenvalue weighted by Gasteiger charge is 2.41. The van der Waals surface area contributed by atoms with Crippen molar-refractivity contribution in [1.29, 1.82) is 0 Å². The fraction of sp³-hybridized carbons (Fsp3) is 0.708. The lowest BCUT2D eigenvalue weighted by molar-refractivity contribution is -0.0171. The maximum atomic E-state index is 12.4. The van der Waals surface area contributed by atoms with Gasteiger partial charge >= 0.3 is 6.09 Å². The summed E-state index contributed by atoms with van der Waals surface area (Å²) in [6.45, 7) is 11.4. The highest BCUT2D eigenvalue weighted by molar-refractivity contribution is 7.81. The molecule has 3 heterocycles. The molecule has 1 aromatic rings. The molecule has 32 heavy (non-hydrogen) atoms. The molecule has 2 saturated heterocycles. The first kappa shape index (κ1) is 23.4. The Bertz CT molecular complexity index is 853. The van der Waals surface area contributed by atoms with Crippen LogP contribution in [0.1, 0.15) is 45.6 Å². The number of nitrogens with zero attached hydrogens (tertiary/aromatic N) is 3. The summed E-state index contributed by atoms with van der Waals surface area (Å²) >= 11 is 0. The van der Waals surface area contributed by atoms with Gasteiger partial charge in [-0.25, -0.2) is 13.3 Å². The Morgan fingerprint density at radius 3 is 2.41 bits per heavy atom. The summed E-state index contributed by atoms with van der Waals surface area (Å²) in [5.74, 6) is 0.983. The van der Waals surface area contributed by atoms with Crippen LogP contribution in [0.4, 0.5) is 10.5 Å². The van der Waals surface area contributed by atoms with E-state index in [4.69, 9.17) is 9.47 Å². The molecule has 4 rings (SSSR count). The number of hydrogen-bond acceptors (Lipinski definition) is 5. The zero-order chi connectivity index (χ0) is 22.9. The first-order valence-electron chi connectivity index (χ1n) is 11.7. The van der Waals surface area contributed by atoms with Crippen LogP contribution in [0.2, 0.25) is 0 Å². The van der Waals surface area contributed by atoms with Crippen LogP contribution in [0, 0.1) is 5.41 Å². The molecule has 8 heteroatoms. The zero-order valence-corrected chi connectivity index (χ0v) is 20.7. The van der Waals surface area contributed by atoms with Gasteiger partial charge in [-0.05, 0) is 42.0 Å². The van der Waals surface area contributed by atoms with E-state index in [9.17, 15) is 9.00 Å². The third kappa shape index (κ3) is 5.39. The summed E-state index contributed by atoms with van der Waals surface area (Å²) in [4.78, 5) is 16.6. The van der Waals surface area contributed by atoms with Gasteiger partial charge in [-0.1, -0.05) is 20.8 Å². The number of amides is 1. The van der Waals surface area contributed by atoms with Gasteiger partial charge in [-0.2, -0.15) is 0 Å². The van der Waals surface area contributed by atoms with Crippen molar-refractivity contribution < 1.29 is 18.5 Å². The largest absolute Gasteiger partial charge is 0.487 e. The topological polar surface area (TPSA) is 62.3 Å². The van der Waals surface area contributed by atoms with Crippen molar-refractivity contribution in [3.63, 3.8) is 0 Å². The third-order valence-corrected chi connectivity index (χ3v) is 7.84. The number of rotatable bonds is 3. The predicted octanol–water partition coefficient (Wildman–Crippen LogP) is 3.44. The number of carbonyl (C=O) groups excluding carboxylic acids is 1. The Morgan fingerprint density at radius 1 is 1.09 bits per heavy atom. The Kier molecular flexibility index (Phi) is 6.73. The number of hydrogen-bond donors (Lipinski definition) is 0. The average Bonchev–Trinajstić information content (AvgIpc) is 2.77. The fourth-order valence-electron chi connectivity index (χ4n) is 4.73. The van der Waals surface area contributed by atoms with Crippen molar-refractivity contribution in [3.8, 4) is 5.75 Å². The molecular weight excluding hydrogens is 426 g/mol. The number of likely N-dealkylation sites (tertiary alicyclic amines) is 1. The lowest BCUT2D eigenvalue weighted by atomic mass is 9.83. The molecule has 1 amide bonds. The molecule has 0 N–H and O–H groups in total. The minimum atomic E-state index is -0.889. The van der Waals surface area contributed by atoms with Crippen molar-refractivity contribution in [2.45, 2.75) is 52.1 Å². The standard InChI is InChI=1S/C24H37N3O4S/c1-23(2,3)18-30-22(28)26-11-9-24(10-12-26)8-7-19-17-20(5-6-21(19)31-24)25-13-15-27(16-14-25)32(4)29/h5-6,17H,7-16,18H2,1-4H3. The lowest BCUT2D eigenvalue weighted by Crippen LogP contribution is -2.51. The first-order valence-corrected chi connectivity index (χ1v) is 13.2. The van der Waals surface area contributed by atoms with Crippen LogP contribution in [0.3, 0.4) is 0 Å². The third-order valence-electron chi connectivity index (χ3n) is 6.75. The number of anilines is 1. The molecule has 1 spiro atoms. The van der Waals surface area contributed by atoms with Crippen molar-refractivity contribution in [2.24, 2.45) is 5.41 Å². The van der Waals surface area contributed by atoms with Gasteiger partial charge in [0, 0.05) is 64.1 Å². The molecule has 0 aliphatic carbocycles. The molecule has 0 bridgehead atoms. The van der Waals surface area contributed by atoms with Crippen LogP contribution in [0.15, 0.2) is 18.2 Å². The van der Waals surface area contributed by atoms with E-state index < -0.39 is 11.0 Å². The van der Waals surface area contributed by atoms with E-state index in [0.717, 1.165) is 57.6 Å². The van der Waals surface area contributed by atoms with Crippen LogP contribution in [0.5, 0.6) is 5.75 Å². The molecule has 7 nitrogen and oxygen atoms in total. The molecule has 3 aliphatic heterocycles. The van der Waals surface area contributed by atoms with Gasteiger partial charge in [0.2, 0.25) is 0 Å². The van der Waals surface area contributed by atoms with E-state index in [0.29, 0.717) is 19.7 Å². The number of ether oxygens (including phenoxy) is 2. The van der Waals surface area contributed by atoms with Crippen molar-refractivity contribution >= 4 is 22.8 Å². The molecule has 1 aromatic carbocycles. The van der Waals surface area contributed by atoms with Crippen molar-refractivity contribution in [3.05, 3.63) is 23.8 Å². The monoisotopic (exact) mass is 463 g/mol. The smallest absolute Gasteiger partial charge is 0.409 e. The van der Waals surface area contributed by atoms with Crippen LogP contribution in [-0.2, 0) is 22.1 Å². The second-order valence-electron chi connectivity index (χ2n) is 10.5. The molecule has 1 unspecified atom stereocenters. The van der Waals surface area contributed by atoms with Gasteiger partial charge in [0.05, 0.1) is 17.6 Å². The average molecular weight is 464 g/mol. The predicted molar refractivity (Wildman–Crippen MR) is 128 cm³/mol. The molecule has 0 saturated carbocycles. The van der Waals surface area contributed by atoms with Gasteiger partial charge in [-0.15, -0.1) is 0 Å². The summed E-state index contributed by atoms with van der Waals surface area (Å²) in [7, 11) is -0.889. The SMILES string of the molecule is CS(=O)N1CCN(c2ccc3c(c2)CCC2(CCN(C(=O)OCC(C)(C)C)CC2)O3)CC1. The van der Waals surface area contributed by atoms with Crippen LogP contribution >= 0.6 is 0 Å². The number of fused-ring (bicyclic) bond motifs is 1. The van der Waals surface area contributed by atoms with Gasteiger partial charge in [0.25, 0.3) is 0 Å². The number of benzene rings is 1. The van der Waals surface area contributed by atoms with Crippen LogP contribution in [-0.4, -0.2) is 77.2 Å². The molecular formula is C24H37N3O4S. The van der Waals surface area contributed by atoms with Gasteiger partial charge < -0.3 is 19.3 Å². The van der Waals surface area contributed by atoms with E-state index in [-0.39, 0.29) is 17.1 Å². The molecule has 0 radical (unpaired) electrons. The second-order valence-corrected chi connectivity index (χ2v) is 11.9.